The number of piperidine rings is 1. The summed E-state index contributed by atoms with van der Waals surface area (Å²) in [7, 11) is 0. The third-order valence-corrected chi connectivity index (χ3v) is 4.86. The summed E-state index contributed by atoms with van der Waals surface area (Å²) in [5.41, 5.74) is 1.35. The molecule has 0 spiro atoms. The molecule has 2 aliphatic heterocycles. The van der Waals surface area contributed by atoms with Crippen LogP contribution in [0.1, 0.15) is 19.3 Å². The van der Waals surface area contributed by atoms with E-state index in [2.05, 4.69) is 39.4 Å². The van der Waals surface area contributed by atoms with Gasteiger partial charge in [0.1, 0.15) is 5.82 Å². The van der Waals surface area contributed by atoms with Crippen molar-refractivity contribution in [3.05, 3.63) is 30.5 Å². The van der Waals surface area contributed by atoms with Crippen molar-refractivity contribution >= 4 is 22.3 Å². The molecule has 1 aromatic carbocycles. The molecule has 2 fully saturated rings. The van der Waals surface area contributed by atoms with E-state index in [0.717, 1.165) is 39.3 Å². The number of anilines is 2. The van der Waals surface area contributed by atoms with Crippen molar-refractivity contribution in [2.75, 3.05) is 49.1 Å². The lowest BCUT2D eigenvalue weighted by Crippen LogP contribution is -2.43. The number of piperazine rings is 1. The molecule has 0 aliphatic carbocycles. The highest BCUT2D eigenvalue weighted by Crippen LogP contribution is 2.34. The summed E-state index contributed by atoms with van der Waals surface area (Å²) in [6.07, 6.45) is 5.89. The van der Waals surface area contributed by atoms with Crippen molar-refractivity contribution in [1.29, 1.82) is 0 Å². The third-order valence-electron chi connectivity index (χ3n) is 4.86. The fourth-order valence-corrected chi connectivity index (χ4v) is 3.71. The first-order chi connectivity index (χ1) is 10.9. The summed E-state index contributed by atoms with van der Waals surface area (Å²) in [5, 5.41) is 6.10. The van der Waals surface area contributed by atoms with Crippen molar-refractivity contribution in [3.8, 4) is 0 Å². The molecule has 1 aromatic heterocycles. The molecule has 2 aliphatic rings. The number of hydrogen-bond acceptors (Lipinski definition) is 4. The monoisotopic (exact) mass is 296 g/mol. The topological polar surface area (TPSA) is 31.4 Å². The summed E-state index contributed by atoms with van der Waals surface area (Å²) in [4.78, 5) is 9.76. The van der Waals surface area contributed by atoms with Crippen LogP contribution in [0.3, 0.4) is 0 Å². The first-order valence-corrected chi connectivity index (χ1v) is 8.52. The zero-order chi connectivity index (χ0) is 14.8. The first kappa shape index (κ1) is 13.8. The van der Waals surface area contributed by atoms with Crippen molar-refractivity contribution in [1.82, 2.24) is 10.3 Å². The van der Waals surface area contributed by atoms with Gasteiger partial charge in [0.2, 0.25) is 0 Å². The molecule has 4 rings (SSSR count). The van der Waals surface area contributed by atoms with Gasteiger partial charge in [-0.25, -0.2) is 4.98 Å². The van der Waals surface area contributed by atoms with Crippen LogP contribution in [-0.4, -0.2) is 44.3 Å². The van der Waals surface area contributed by atoms with Gasteiger partial charge in [0.15, 0.2) is 0 Å². The van der Waals surface area contributed by atoms with Crippen molar-refractivity contribution < 1.29 is 0 Å². The van der Waals surface area contributed by atoms with Crippen molar-refractivity contribution in [2.45, 2.75) is 19.3 Å². The largest absolute Gasteiger partial charge is 0.368 e. The number of benzene rings is 1. The van der Waals surface area contributed by atoms with Gasteiger partial charge in [-0.1, -0.05) is 12.1 Å². The van der Waals surface area contributed by atoms with Crippen LogP contribution in [0.5, 0.6) is 0 Å². The Morgan fingerprint density at radius 3 is 2.50 bits per heavy atom. The van der Waals surface area contributed by atoms with Gasteiger partial charge < -0.3 is 15.1 Å². The van der Waals surface area contributed by atoms with Crippen LogP contribution in [0.2, 0.25) is 0 Å². The normalized spacial score (nSPS) is 19.6. The fourth-order valence-electron chi connectivity index (χ4n) is 3.71. The van der Waals surface area contributed by atoms with Gasteiger partial charge >= 0.3 is 0 Å². The van der Waals surface area contributed by atoms with Crippen LogP contribution in [0.15, 0.2) is 30.5 Å². The van der Waals surface area contributed by atoms with Gasteiger partial charge in [0.25, 0.3) is 0 Å². The molecule has 1 N–H and O–H groups in total. The Morgan fingerprint density at radius 1 is 0.864 bits per heavy atom. The minimum Gasteiger partial charge on any atom is -0.368 e. The summed E-state index contributed by atoms with van der Waals surface area (Å²) >= 11 is 0. The fraction of sp³-hybridized carbons (Fsp3) is 0.500. The molecule has 0 radical (unpaired) electrons. The Bertz CT molecular complexity index is 590. The average Bonchev–Trinajstić information content (AvgIpc) is 2.62. The van der Waals surface area contributed by atoms with Crippen LogP contribution in [0, 0.1) is 0 Å². The highest BCUT2D eigenvalue weighted by Gasteiger charge is 2.20. The SMILES string of the molecule is c1cc(N2CCNCC2)c2c(N3CCCCC3)nccc2c1. The second-order valence-corrected chi connectivity index (χ2v) is 6.29. The number of fused-ring (bicyclic) bond motifs is 1. The van der Waals surface area contributed by atoms with E-state index >= 15 is 0 Å². The van der Waals surface area contributed by atoms with E-state index in [-0.39, 0.29) is 0 Å². The molecule has 0 amide bonds. The van der Waals surface area contributed by atoms with Gasteiger partial charge in [0, 0.05) is 56.5 Å². The Labute approximate surface area is 132 Å². The van der Waals surface area contributed by atoms with E-state index in [9.17, 15) is 0 Å². The Kier molecular flexibility index (Phi) is 3.85. The maximum atomic E-state index is 4.77. The van der Waals surface area contributed by atoms with Gasteiger partial charge in [-0.3, -0.25) is 0 Å². The lowest BCUT2D eigenvalue weighted by atomic mass is 10.1. The van der Waals surface area contributed by atoms with E-state index in [1.165, 1.54) is 41.5 Å². The zero-order valence-electron chi connectivity index (χ0n) is 13.1. The molecular formula is C18H24N4. The Morgan fingerprint density at radius 2 is 1.68 bits per heavy atom. The minimum atomic E-state index is 1.07. The van der Waals surface area contributed by atoms with E-state index in [0.29, 0.717) is 0 Å². The third kappa shape index (κ3) is 2.52. The van der Waals surface area contributed by atoms with E-state index in [1.807, 2.05) is 6.20 Å². The molecule has 4 nitrogen and oxygen atoms in total. The van der Waals surface area contributed by atoms with E-state index in [1.54, 1.807) is 0 Å². The average molecular weight is 296 g/mol. The number of hydrogen-bond donors (Lipinski definition) is 1. The van der Waals surface area contributed by atoms with Crippen molar-refractivity contribution in [2.24, 2.45) is 0 Å². The molecule has 2 saturated heterocycles. The molecule has 3 heterocycles. The number of aromatic nitrogens is 1. The smallest absolute Gasteiger partial charge is 0.138 e. The second-order valence-electron chi connectivity index (χ2n) is 6.29. The number of pyridine rings is 1. The lowest BCUT2D eigenvalue weighted by Gasteiger charge is -2.33. The van der Waals surface area contributed by atoms with Gasteiger partial charge in [-0.05, 0) is 36.8 Å². The van der Waals surface area contributed by atoms with Crippen LogP contribution < -0.4 is 15.1 Å². The maximum Gasteiger partial charge on any atom is 0.138 e. The van der Waals surface area contributed by atoms with Gasteiger partial charge in [-0.2, -0.15) is 0 Å². The van der Waals surface area contributed by atoms with Crippen LogP contribution >= 0.6 is 0 Å². The quantitative estimate of drug-likeness (QED) is 0.923. The van der Waals surface area contributed by atoms with Gasteiger partial charge in [0.05, 0.1) is 0 Å². The number of nitrogens with one attached hydrogen (secondary N) is 1. The molecule has 0 saturated carbocycles. The van der Waals surface area contributed by atoms with Crippen LogP contribution in [0.4, 0.5) is 11.5 Å². The van der Waals surface area contributed by atoms with E-state index < -0.39 is 0 Å². The Balaban J connectivity index is 1.82. The predicted octanol–water partition coefficient (Wildman–Crippen LogP) is 2.63. The summed E-state index contributed by atoms with van der Waals surface area (Å²) in [6.45, 7) is 6.57. The number of nitrogens with zero attached hydrogens (tertiary/aromatic N) is 3. The second kappa shape index (κ2) is 6.13. The minimum absolute atomic E-state index is 1.07. The van der Waals surface area contributed by atoms with Crippen molar-refractivity contribution in [3.63, 3.8) is 0 Å². The zero-order valence-corrected chi connectivity index (χ0v) is 13.1. The maximum absolute atomic E-state index is 4.77. The molecule has 0 bridgehead atoms. The molecule has 0 atom stereocenters. The first-order valence-electron chi connectivity index (χ1n) is 8.52. The summed E-state index contributed by atoms with van der Waals surface area (Å²) in [5.74, 6) is 1.19. The Hall–Kier alpha value is -1.81. The van der Waals surface area contributed by atoms with E-state index in [4.69, 9.17) is 4.98 Å². The highest BCUT2D eigenvalue weighted by molar-refractivity contribution is 6.02. The molecular weight excluding hydrogens is 272 g/mol. The molecule has 4 heteroatoms. The lowest BCUT2D eigenvalue weighted by molar-refractivity contribution is 0.574. The van der Waals surface area contributed by atoms with Gasteiger partial charge in [-0.15, -0.1) is 0 Å². The molecule has 22 heavy (non-hydrogen) atoms. The predicted molar refractivity (Wildman–Crippen MR) is 92.9 cm³/mol. The highest BCUT2D eigenvalue weighted by atomic mass is 15.2. The van der Waals surface area contributed by atoms with Crippen LogP contribution in [0.25, 0.3) is 10.8 Å². The molecule has 2 aromatic rings. The molecule has 116 valence electrons. The van der Waals surface area contributed by atoms with Crippen LogP contribution in [-0.2, 0) is 0 Å². The molecule has 0 unspecified atom stereocenters. The number of rotatable bonds is 2. The standard InChI is InChI=1S/C18H24N4/c1-2-11-22(12-3-1)18-17-15(7-8-20-18)5-4-6-16(17)21-13-9-19-10-14-21/h4-8,19H,1-3,9-14H2. The summed E-state index contributed by atoms with van der Waals surface area (Å²) in [6, 6.07) is 8.81. The summed E-state index contributed by atoms with van der Waals surface area (Å²) < 4.78 is 0.